The van der Waals surface area contributed by atoms with Gasteiger partial charge >= 0.3 is 0 Å². The fraction of sp³-hybridized carbons (Fsp3) is 0.632. The molecule has 2 atom stereocenters. The van der Waals surface area contributed by atoms with Gasteiger partial charge in [0, 0.05) is 24.0 Å². The van der Waals surface area contributed by atoms with Crippen molar-refractivity contribution in [3.8, 4) is 0 Å². The smallest absolute Gasteiger partial charge is 0.263 e. The van der Waals surface area contributed by atoms with Crippen LogP contribution in [0, 0.1) is 13.8 Å². The molecule has 0 spiro atoms. The quantitative estimate of drug-likeness (QED) is 0.489. The van der Waals surface area contributed by atoms with Gasteiger partial charge in [-0.2, -0.15) is 0 Å². The number of aromatic nitrogens is 2. The summed E-state index contributed by atoms with van der Waals surface area (Å²) in [6.07, 6.45) is 0.483. The molecule has 3 rings (SSSR count). The van der Waals surface area contributed by atoms with Crippen LogP contribution in [0.2, 0.25) is 0 Å². The van der Waals surface area contributed by atoms with Crippen LogP contribution < -0.4 is 5.56 Å². The first-order chi connectivity index (χ1) is 13.6. The van der Waals surface area contributed by atoms with Gasteiger partial charge in [0.2, 0.25) is 5.91 Å². The second kappa shape index (κ2) is 8.39. The fourth-order valence-corrected chi connectivity index (χ4v) is 7.58. The van der Waals surface area contributed by atoms with Gasteiger partial charge < -0.3 is 4.90 Å². The Bertz CT molecular complexity index is 1100. The first-order valence-electron chi connectivity index (χ1n) is 9.77. The number of thiophene rings is 1. The summed E-state index contributed by atoms with van der Waals surface area (Å²) in [5.74, 6) is 0.0463. The summed E-state index contributed by atoms with van der Waals surface area (Å²) in [6, 6.07) is -0.271. The van der Waals surface area contributed by atoms with Gasteiger partial charge in [-0.3, -0.25) is 14.2 Å². The Balaban J connectivity index is 1.89. The van der Waals surface area contributed by atoms with Crippen LogP contribution in [-0.2, 0) is 21.2 Å². The Morgan fingerprint density at radius 2 is 2.07 bits per heavy atom. The zero-order chi connectivity index (χ0) is 21.5. The predicted octanol–water partition coefficient (Wildman–Crippen LogP) is 2.61. The molecule has 1 aliphatic heterocycles. The van der Waals surface area contributed by atoms with Crippen molar-refractivity contribution in [3.05, 3.63) is 20.8 Å². The maximum absolute atomic E-state index is 13.1. The first-order valence-corrected chi connectivity index (χ1v) is 13.3. The van der Waals surface area contributed by atoms with E-state index in [1.807, 2.05) is 27.7 Å². The van der Waals surface area contributed by atoms with Crippen molar-refractivity contribution < 1.29 is 13.2 Å². The number of thioether (sulfide) groups is 1. The highest BCUT2D eigenvalue weighted by atomic mass is 32.2. The molecular weight excluding hydrogens is 430 g/mol. The van der Waals surface area contributed by atoms with Crippen LogP contribution in [-0.4, -0.2) is 58.1 Å². The van der Waals surface area contributed by atoms with E-state index >= 15 is 0 Å². The minimum absolute atomic E-state index is 0.0294. The second-order valence-electron chi connectivity index (χ2n) is 7.35. The lowest BCUT2D eigenvalue weighted by Gasteiger charge is -2.29. The van der Waals surface area contributed by atoms with Gasteiger partial charge in [0.1, 0.15) is 4.83 Å². The summed E-state index contributed by atoms with van der Waals surface area (Å²) >= 11 is 2.76. The Labute approximate surface area is 179 Å². The molecule has 10 heteroatoms. The minimum atomic E-state index is -3.07. The van der Waals surface area contributed by atoms with E-state index < -0.39 is 15.1 Å². The number of carbonyl (C=O) groups excluding carboxylic acids is 1. The number of hydrogen-bond donors (Lipinski definition) is 0. The zero-order valence-corrected chi connectivity index (χ0v) is 19.8. The van der Waals surface area contributed by atoms with Crippen LogP contribution in [0.3, 0.4) is 0 Å². The average Bonchev–Trinajstić information content (AvgIpc) is 3.14. The van der Waals surface area contributed by atoms with E-state index in [1.165, 1.54) is 23.1 Å². The average molecular weight is 458 g/mol. The fourth-order valence-electron chi connectivity index (χ4n) is 3.73. The third-order valence-electron chi connectivity index (χ3n) is 5.47. The maximum Gasteiger partial charge on any atom is 0.263 e. The summed E-state index contributed by atoms with van der Waals surface area (Å²) in [5, 5.41) is 0.716. The summed E-state index contributed by atoms with van der Waals surface area (Å²) in [5.41, 5.74) is 0.890. The molecule has 1 amide bonds. The lowest BCUT2D eigenvalue weighted by atomic mass is 10.2. The van der Waals surface area contributed by atoms with E-state index in [4.69, 9.17) is 4.98 Å². The molecule has 0 saturated carbocycles. The molecule has 0 radical (unpaired) electrons. The molecule has 0 bridgehead atoms. The van der Waals surface area contributed by atoms with Gasteiger partial charge in [0.05, 0.1) is 22.1 Å². The number of hydrogen-bond acceptors (Lipinski definition) is 7. The largest absolute Gasteiger partial charge is 0.338 e. The molecule has 29 heavy (non-hydrogen) atoms. The number of nitrogens with zero attached hydrogens (tertiary/aromatic N) is 3. The third kappa shape index (κ3) is 4.25. The van der Waals surface area contributed by atoms with Crippen LogP contribution in [0.25, 0.3) is 10.2 Å². The molecular formula is C19H27N3O4S3. The Morgan fingerprint density at radius 1 is 1.38 bits per heavy atom. The van der Waals surface area contributed by atoms with Crippen LogP contribution >= 0.6 is 23.1 Å². The number of amides is 1. The topological polar surface area (TPSA) is 89.3 Å². The lowest BCUT2D eigenvalue weighted by Crippen LogP contribution is -2.44. The van der Waals surface area contributed by atoms with Gasteiger partial charge in [-0.1, -0.05) is 11.8 Å². The number of aryl methyl sites for hydroxylation is 2. The lowest BCUT2D eigenvalue weighted by molar-refractivity contribution is -0.131. The highest BCUT2D eigenvalue weighted by Crippen LogP contribution is 2.30. The molecule has 2 aromatic rings. The Morgan fingerprint density at radius 3 is 2.62 bits per heavy atom. The van der Waals surface area contributed by atoms with Crippen molar-refractivity contribution in [1.82, 2.24) is 14.5 Å². The Kier molecular flexibility index (Phi) is 6.45. The highest BCUT2D eigenvalue weighted by molar-refractivity contribution is 8.00. The monoisotopic (exact) mass is 457 g/mol. The van der Waals surface area contributed by atoms with Crippen molar-refractivity contribution >= 4 is 49.1 Å². The highest BCUT2D eigenvalue weighted by Gasteiger charge is 2.35. The minimum Gasteiger partial charge on any atom is -0.338 e. The van der Waals surface area contributed by atoms with Crippen LogP contribution in [0.5, 0.6) is 0 Å². The van der Waals surface area contributed by atoms with Crippen molar-refractivity contribution in [1.29, 1.82) is 0 Å². The van der Waals surface area contributed by atoms with Gasteiger partial charge in [-0.15, -0.1) is 11.3 Å². The summed E-state index contributed by atoms with van der Waals surface area (Å²) in [4.78, 5) is 34.2. The van der Waals surface area contributed by atoms with Crippen molar-refractivity contribution in [2.24, 2.45) is 0 Å². The third-order valence-corrected chi connectivity index (χ3v) is 9.40. The first kappa shape index (κ1) is 22.3. The second-order valence-corrected chi connectivity index (χ2v) is 12.1. The SMILES string of the molecule is CCN(C(=O)C(C)Sc1nc2sc(C)c(C)c2c(=O)n1CC)C1CCS(=O)(=O)C1. The van der Waals surface area contributed by atoms with Gasteiger partial charge in [0.15, 0.2) is 15.0 Å². The van der Waals surface area contributed by atoms with Crippen LogP contribution in [0.15, 0.2) is 9.95 Å². The van der Waals surface area contributed by atoms with E-state index in [0.29, 0.717) is 34.9 Å². The molecule has 1 fully saturated rings. The molecule has 2 aromatic heterocycles. The Hall–Kier alpha value is -1.39. The van der Waals surface area contributed by atoms with Crippen LogP contribution in [0.1, 0.15) is 37.6 Å². The molecule has 3 heterocycles. The normalized spacial score (nSPS) is 19.6. The maximum atomic E-state index is 13.1. The molecule has 0 N–H and O–H groups in total. The van der Waals surface area contributed by atoms with E-state index in [9.17, 15) is 18.0 Å². The number of fused-ring (bicyclic) bond motifs is 1. The number of rotatable bonds is 6. The molecule has 160 valence electrons. The van der Waals surface area contributed by atoms with Crippen LogP contribution in [0.4, 0.5) is 0 Å². The molecule has 7 nitrogen and oxygen atoms in total. The predicted molar refractivity (Wildman–Crippen MR) is 119 cm³/mol. The van der Waals surface area contributed by atoms with E-state index in [0.717, 1.165) is 10.4 Å². The number of sulfone groups is 1. The molecule has 0 aromatic carbocycles. The zero-order valence-electron chi connectivity index (χ0n) is 17.4. The standard InChI is InChI=1S/C19H27N3O4S3/c1-6-21(14-8-9-29(25,26)10-14)17(23)13(5)28-19-20-16-15(11(3)12(4)27-16)18(24)22(19)7-2/h13-14H,6-10H2,1-5H3. The molecule has 0 aliphatic carbocycles. The van der Waals surface area contributed by atoms with E-state index in [1.54, 1.807) is 16.4 Å². The number of carbonyl (C=O) groups is 1. The van der Waals surface area contributed by atoms with Crippen molar-refractivity contribution in [2.45, 2.75) is 64.0 Å². The summed E-state index contributed by atoms with van der Waals surface area (Å²) in [6.45, 7) is 10.4. The molecule has 2 unspecified atom stereocenters. The van der Waals surface area contributed by atoms with Gasteiger partial charge in [-0.05, 0) is 46.6 Å². The van der Waals surface area contributed by atoms with Crippen molar-refractivity contribution in [2.75, 3.05) is 18.1 Å². The summed E-state index contributed by atoms with van der Waals surface area (Å²) < 4.78 is 25.3. The van der Waals surface area contributed by atoms with E-state index in [2.05, 4.69) is 0 Å². The van der Waals surface area contributed by atoms with Gasteiger partial charge in [0.25, 0.3) is 5.56 Å². The van der Waals surface area contributed by atoms with Crippen molar-refractivity contribution in [3.63, 3.8) is 0 Å². The van der Waals surface area contributed by atoms with E-state index in [-0.39, 0.29) is 29.0 Å². The molecule has 1 aliphatic rings. The van der Waals surface area contributed by atoms with Gasteiger partial charge in [-0.25, -0.2) is 13.4 Å². The summed E-state index contributed by atoms with van der Waals surface area (Å²) in [7, 11) is -3.07. The molecule has 1 saturated heterocycles.